The van der Waals surface area contributed by atoms with Gasteiger partial charge in [-0.3, -0.25) is 4.79 Å². The fourth-order valence-corrected chi connectivity index (χ4v) is 4.29. The number of hydrogen-bond acceptors (Lipinski definition) is 7. The van der Waals surface area contributed by atoms with Gasteiger partial charge >= 0.3 is 0 Å². The fourth-order valence-electron chi connectivity index (χ4n) is 4.15. The standard InChI is InChI=1S/C26H27ClN6O2/c1-4-33-21-15-17(9-10-18(21)26(2,3)12-11-23(33)34)30-25-29-16-19(27)24(32-25)31-20-7-5-6-8-22(20)35-14-13-28/h5-10,15-16H,4,11-12,14H2,1-3H3,(H2,29,30,31,32). The third-order valence-corrected chi connectivity index (χ3v) is 6.31. The van der Waals surface area contributed by atoms with Crippen LogP contribution in [0.3, 0.4) is 0 Å². The van der Waals surface area contributed by atoms with Gasteiger partial charge in [-0.05, 0) is 48.6 Å². The summed E-state index contributed by atoms with van der Waals surface area (Å²) in [6, 6.07) is 15.2. The van der Waals surface area contributed by atoms with Crippen LogP contribution in [0.1, 0.15) is 39.2 Å². The first-order valence-electron chi connectivity index (χ1n) is 11.4. The van der Waals surface area contributed by atoms with E-state index in [2.05, 4.69) is 40.5 Å². The van der Waals surface area contributed by atoms with Gasteiger partial charge in [0, 0.05) is 24.3 Å². The monoisotopic (exact) mass is 490 g/mol. The molecule has 2 heterocycles. The van der Waals surface area contributed by atoms with Crippen molar-refractivity contribution in [2.75, 3.05) is 28.7 Å². The zero-order valence-electron chi connectivity index (χ0n) is 19.9. The van der Waals surface area contributed by atoms with E-state index in [1.807, 2.05) is 48.2 Å². The summed E-state index contributed by atoms with van der Waals surface area (Å²) in [5, 5.41) is 15.5. The van der Waals surface area contributed by atoms with Crippen LogP contribution in [-0.2, 0) is 10.2 Å². The minimum absolute atomic E-state index is 0.0740. The van der Waals surface area contributed by atoms with Gasteiger partial charge < -0.3 is 20.3 Å². The number of carbonyl (C=O) groups is 1. The first-order valence-corrected chi connectivity index (χ1v) is 11.8. The van der Waals surface area contributed by atoms with Crippen LogP contribution in [0.5, 0.6) is 5.75 Å². The van der Waals surface area contributed by atoms with Gasteiger partial charge in [0.1, 0.15) is 16.8 Å². The number of nitrogens with zero attached hydrogens (tertiary/aromatic N) is 4. The molecule has 1 aliphatic rings. The van der Waals surface area contributed by atoms with Crippen molar-refractivity contribution < 1.29 is 9.53 Å². The predicted molar refractivity (Wildman–Crippen MR) is 138 cm³/mol. The molecule has 180 valence electrons. The second-order valence-corrected chi connectivity index (χ2v) is 9.24. The topological polar surface area (TPSA) is 103 Å². The molecule has 0 fully saturated rings. The van der Waals surface area contributed by atoms with Crippen molar-refractivity contribution in [2.45, 2.75) is 39.0 Å². The number of anilines is 5. The molecule has 1 aromatic heterocycles. The molecule has 0 radical (unpaired) electrons. The summed E-state index contributed by atoms with van der Waals surface area (Å²) in [6.07, 6.45) is 2.83. The maximum atomic E-state index is 12.7. The lowest BCUT2D eigenvalue weighted by Crippen LogP contribution is -2.29. The summed E-state index contributed by atoms with van der Waals surface area (Å²) in [7, 11) is 0. The van der Waals surface area contributed by atoms with Crippen LogP contribution in [0, 0.1) is 11.3 Å². The van der Waals surface area contributed by atoms with E-state index in [0.717, 1.165) is 23.4 Å². The van der Waals surface area contributed by atoms with E-state index in [4.69, 9.17) is 21.6 Å². The number of nitriles is 1. The third-order valence-electron chi connectivity index (χ3n) is 6.03. The van der Waals surface area contributed by atoms with Crippen molar-refractivity contribution in [3.05, 3.63) is 59.2 Å². The number of hydrogen-bond donors (Lipinski definition) is 2. The van der Waals surface area contributed by atoms with Gasteiger partial charge in [0.2, 0.25) is 11.9 Å². The summed E-state index contributed by atoms with van der Waals surface area (Å²) in [5.41, 5.74) is 3.32. The smallest absolute Gasteiger partial charge is 0.229 e. The molecule has 2 N–H and O–H groups in total. The van der Waals surface area contributed by atoms with Crippen molar-refractivity contribution in [1.82, 2.24) is 9.97 Å². The Labute approximate surface area is 209 Å². The van der Waals surface area contributed by atoms with Crippen molar-refractivity contribution >= 4 is 46.3 Å². The normalized spacial score (nSPS) is 14.5. The maximum Gasteiger partial charge on any atom is 0.229 e. The van der Waals surface area contributed by atoms with Crippen LogP contribution in [0.2, 0.25) is 5.02 Å². The number of ether oxygens (including phenoxy) is 1. The minimum Gasteiger partial charge on any atom is -0.477 e. The lowest BCUT2D eigenvalue weighted by atomic mass is 9.80. The SMILES string of the molecule is CCN1C(=O)CCC(C)(C)c2ccc(Nc3ncc(Cl)c(Nc4ccccc4OCC#N)n3)cc21. The highest BCUT2D eigenvalue weighted by atomic mass is 35.5. The Morgan fingerprint density at radius 3 is 2.80 bits per heavy atom. The van der Waals surface area contributed by atoms with Crippen LogP contribution in [0.4, 0.5) is 28.8 Å². The highest BCUT2D eigenvalue weighted by molar-refractivity contribution is 6.33. The molecule has 2 aromatic carbocycles. The number of halogens is 1. The molecule has 0 bridgehead atoms. The summed E-state index contributed by atoms with van der Waals surface area (Å²) >= 11 is 6.35. The lowest BCUT2D eigenvalue weighted by Gasteiger charge is -2.27. The van der Waals surface area contributed by atoms with Gasteiger partial charge in [-0.2, -0.15) is 10.2 Å². The average Bonchev–Trinajstić information content (AvgIpc) is 2.94. The van der Waals surface area contributed by atoms with E-state index in [9.17, 15) is 4.79 Å². The molecule has 0 saturated carbocycles. The molecule has 35 heavy (non-hydrogen) atoms. The number of benzene rings is 2. The molecule has 9 heteroatoms. The van der Waals surface area contributed by atoms with Gasteiger partial charge in [0.15, 0.2) is 12.4 Å². The van der Waals surface area contributed by atoms with E-state index in [0.29, 0.717) is 41.2 Å². The molecule has 8 nitrogen and oxygen atoms in total. The van der Waals surface area contributed by atoms with E-state index in [-0.39, 0.29) is 17.9 Å². The fraction of sp³-hybridized carbons (Fsp3) is 0.308. The Hall–Kier alpha value is -3.83. The summed E-state index contributed by atoms with van der Waals surface area (Å²) < 4.78 is 5.48. The molecule has 0 aliphatic carbocycles. The first-order chi connectivity index (χ1) is 16.8. The summed E-state index contributed by atoms with van der Waals surface area (Å²) in [4.78, 5) is 23.4. The number of aromatic nitrogens is 2. The molecule has 1 aliphatic heterocycles. The van der Waals surface area contributed by atoms with Gasteiger partial charge in [-0.1, -0.05) is 43.6 Å². The van der Waals surface area contributed by atoms with Crippen molar-refractivity contribution in [2.24, 2.45) is 0 Å². The number of amides is 1. The second-order valence-electron chi connectivity index (χ2n) is 8.84. The van der Waals surface area contributed by atoms with Crippen LogP contribution >= 0.6 is 11.6 Å². The number of para-hydroxylation sites is 2. The average molecular weight is 491 g/mol. The van der Waals surface area contributed by atoms with Crippen LogP contribution in [0.15, 0.2) is 48.7 Å². The molecule has 1 amide bonds. The largest absolute Gasteiger partial charge is 0.477 e. The number of rotatable bonds is 7. The molecule has 0 spiro atoms. The van der Waals surface area contributed by atoms with Gasteiger partial charge in [0.25, 0.3) is 0 Å². The number of carbonyl (C=O) groups excluding carboxylic acids is 1. The molecule has 0 unspecified atom stereocenters. The quantitative estimate of drug-likeness (QED) is 0.422. The van der Waals surface area contributed by atoms with Crippen LogP contribution in [-0.4, -0.2) is 29.0 Å². The van der Waals surface area contributed by atoms with Gasteiger partial charge in [0.05, 0.1) is 11.9 Å². The Bertz CT molecular complexity index is 1290. The minimum atomic E-state index is -0.109. The van der Waals surface area contributed by atoms with Gasteiger partial charge in [-0.15, -0.1) is 0 Å². The molecule has 4 rings (SSSR count). The van der Waals surface area contributed by atoms with Gasteiger partial charge in [-0.25, -0.2) is 4.98 Å². The third kappa shape index (κ3) is 5.31. The zero-order valence-corrected chi connectivity index (χ0v) is 20.7. The Morgan fingerprint density at radius 1 is 1.23 bits per heavy atom. The highest BCUT2D eigenvalue weighted by Crippen LogP contribution is 2.41. The Kier molecular flexibility index (Phi) is 7.08. The number of nitrogens with one attached hydrogen (secondary N) is 2. The Balaban J connectivity index is 1.63. The molecule has 3 aromatic rings. The van der Waals surface area contributed by atoms with Crippen molar-refractivity contribution in [1.29, 1.82) is 5.26 Å². The molecule has 0 saturated heterocycles. The Morgan fingerprint density at radius 2 is 2.03 bits per heavy atom. The van der Waals surface area contributed by atoms with E-state index < -0.39 is 0 Å². The van der Waals surface area contributed by atoms with E-state index in [1.165, 1.54) is 6.20 Å². The lowest BCUT2D eigenvalue weighted by molar-refractivity contribution is -0.118. The van der Waals surface area contributed by atoms with E-state index in [1.54, 1.807) is 6.07 Å². The van der Waals surface area contributed by atoms with E-state index >= 15 is 0 Å². The van der Waals surface area contributed by atoms with Crippen LogP contribution in [0.25, 0.3) is 0 Å². The van der Waals surface area contributed by atoms with Crippen molar-refractivity contribution in [3.63, 3.8) is 0 Å². The molecular formula is C26H27ClN6O2. The predicted octanol–water partition coefficient (Wildman–Crippen LogP) is 5.94. The second kappa shape index (κ2) is 10.2. The van der Waals surface area contributed by atoms with Crippen molar-refractivity contribution in [3.8, 4) is 11.8 Å². The summed E-state index contributed by atoms with van der Waals surface area (Å²) in [6.45, 7) is 6.85. The maximum absolute atomic E-state index is 12.7. The summed E-state index contributed by atoms with van der Waals surface area (Å²) in [5.74, 6) is 1.37. The number of fused-ring (bicyclic) bond motifs is 1. The highest BCUT2D eigenvalue weighted by Gasteiger charge is 2.32. The zero-order chi connectivity index (χ0) is 25.0. The van der Waals surface area contributed by atoms with Crippen LogP contribution < -0.4 is 20.3 Å². The molecule has 0 atom stereocenters. The molecular weight excluding hydrogens is 464 g/mol. The first kappa shape index (κ1) is 24.3.